The molecule has 2 heterocycles. The maximum Gasteiger partial charge on any atom is 0.573 e. The number of hydrogen-bond acceptors (Lipinski definition) is 6. The molecule has 2 aromatic carbocycles. The average Bonchev–Trinajstić information content (AvgIpc) is 3.07. The van der Waals surface area contributed by atoms with Gasteiger partial charge < -0.3 is 15.4 Å². The summed E-state index contributed by atoms with van der Waals surface area (Å²) >= 11 is 0. The Bertz CT molecular complexity index is 1140. The summed E-state index contributed by atoms with van der Waals surface area (Å²) in [5.74, 6) is 1.12. The average molecular weight is 400 g/mol. The van der Waals surface area contributed by atoms with Crippen LogP contribution in [0.5, 0.6) is 5.75 Å². The SMILES string of the molecule is Cc1cc(Nc2nc(Nc3ccc(OC(F)(F)F)cc3)nc3ccccc23)n[nH]1. The second kappa shape index (κ2) is 7.30. The first-order valence-electron chi connectivity index (χ1n) is 8.54. The van der Waals surface area contributed by atoms with Gasteiger partial charge in [0.2, 0.25) is 5.95 Å². The van der Waals surface area contributed by atoms with E-state index in [2.05, 4.69) is 35.5 Å². The zero-order chi connectivity index (χ0) is 20.4. The van der Waals surface area contributed by atoms with Crippen LogP contribution in [0, 0.1) is 6.92 Å². The predicted molar refractivity (Wildman–Crippen MR) is 103 cm³/mol. The van der Waals surface area contributed by atoms with Crippen molar-refractivity contribution in [3.63, 3.8) is 0 Å². The van der Waals surface area contributed by atoms with Crippen LogP contribution >= 0.6 is 0 Å². The van der Waals surface area contributed by atoms with E-state index in [0.717, 1.165) is 11.1 Å². The van der Waals surface area contributed by atoms with Gasteiger partial charge in [-0.2, -0.15) is 10.1 Å². The standard InChI is InChI=1S/C19H15F3N6O/c1-11-10-16(28-27-11)25-17-14-4-2-3-5-15(14)24-18(26-17)23-12-6-8-13(9-7-12)29-19(20,21)22/h2-10H,1H3,(H3,23,24,25,26,27,28). The minimum Gasteiger partial charge on any atom is -0.406 e. The maximum atomic E-state index is 12.3. The van der Waals surface area contributed by atoms with Gasteiger partial charge >= 0.3 is 6.36 Å². The number of alkyl halides is 3. The van der Waals surface area contributed by atoms with Crippen LogP contribution in [0.4, 0.5) is 36.4 Å². The lowest BCUT2D eigenvalue weighted by Crippen LogP contribution is -2.17. The van der Waals surface area contributed by atoms with Crippen LogP contribution < -0.4 is 15.4 Å². The second-order valence-corrected chi connectivity index (χ2v) is 6.17. The largest absolute Gasteiger partial charge is 0.573 e. The zero-order valence-electron chi connectivity index (χ0n) is 15.1. The highest BCUT2D eigenvalue weighted by Crippen LogP contribution is 2.27. The number of H-pyrrole nitrogens is 1. The fourth-order valence-corrected chi connectivity index (χ4v) is 2.70. The van der Waals surface area contributed by atoms with Crippen LogP contribution in [-0.2, 0) is 0 Å². The van der Waals surface area contributed by atoms with Crippen molar-refractivity contribution >= 4 is 34.2 Å². The van der Waals surface area contributed by atoms with Gasteiger partial charge in [0.25, 0.3) is 0 Å². The number of aryl methyl sites for hydroxylation is 1. The summed E-state index contributed by atoms with van der Waals surface area (Å²) in [6.45, 7) is 1.88. The number of ether oxygens (including phenoxy) is 1. The number of nitrogens with one attached hydrogen (secondary N) is 3. The quantitative estimate of drug-likeness (QED) is 0.435. The number of aromatic nitrogens is 4. The molecule has 3 N–H and O–H groups in total. The van der Waals surface area contributed by atoms with E-state index >= 15 is 0 Å². The van der Waals surface area contributed by atoms with E-state index in [4.69, 9.17) is 0 Å². The van der Waals surface area contributed by atoms with E-state index < -0.39 is 6.36 Å². The molecule has 0 fully saturated rings. The second-order valence-electron chi connectivity index (χ2n) is 6.17. The number of nitrogens with zero attached hydrogens (tertiary/aromatic N) is 3. The van der Waals surface area contributed by atoms with Gasteiger partial charge in [-0.15, -0.1) is 13.2 Å². The zero-order valence-corrected chi connectivity index (χ0v) is 15.1. The van der Waals surface area contributed by atoms with Crippen molar-refractivity contribution in [3.05, 3.63) is 60.3 Å². The fourth-order valence-electron chi connectivity index (χ4n) is 2.70. The number of fused-ring (bicyclic) bond motifs is 1. The lowest BCUT2D eigenvalue weighted by atomic mass is 10.2. The maximum absolute atomic E-state index is 12.3. The van der Waals surface area contributed by atoms with Crippen LogP contribution in [0.3, 0.4) is 0 Å². The molecule has 29 heavy (non-hydrogen) atoms. The number of aromatic amines is 1. The van der Waals surface area contributed by atoms with Gasteiger partial charge in [0.1, 0.15) is 11.6 Å². The molecule has 0 bridgehead atoms. The Kier molecular flexibility index (Phi) is 4.67. The van der Waals surface area contributed by atoms with Gasteiger partial charge in [-0.1, -0.05) is 12.1 Å². The molecular formula is C19H15F3N6O. The molecule has 0 aliphatic carbocycles. The fraction of sp³-hybridized carbons (Fsp3) is 0.105. The van der Waals surface area contributed by atoms with Crippen LogP contribution in [-0.4, -0.2) is 26.5 Å². The van der Waals surface area contributed by atoms with Gasteiger partial charge in [0, 0.05) is 22.8 Å². The Morgan fingerprint density at radius 3 is 2.41 bits per heavy atom. The summed E-state index contributed by atoms with van der Waals surface area (Å²) in [6, 6.07) is 14.6. The number of benzene rings is 2. The summed E-state index contributed by atoms with van der Waals surface area (Å²) in [7, 11) is 0. The number of anilines is 4. The Hall–Kier alpha value is -3.82. The molecule has 7 nitrogen and oxygen atoms in total. The molecule has 0 spiro atoms. The van der Waals surface area contributed by atoms with Gasteiger partial charge in [0.15, 0.2) is 5.82 Å². The first-order valence-corrected chi connectivity index (χ1v) is 8.54. The third-order valence-electron chi connectivity index (χ3n) is 3.90. The molecule has 0 saturated carbocycles. The van der Waals surface area contributed by atoms with Gasteiger partial charge in [-0.25, -0.2) is 4.98 Å². The molecule has 0 saturated heterocycles. The number of halogens is 3. The first kappa shape index (κ1) is 18.5. The van der Waals surface area contributed by atoms with Crippen molar-refractivity contribution in [2.75, 3.05) is 10.6 Å². The van der Waals surface area contributed by atoms with Crippen LogP contribution in [0.2, 0.25) is 0 Å². The highest BCUT2D eigenvalue weighted by molar-refractivity contribution is 5.91. The van der Waals surface area contributed by atoms with E-state index in [1.807, 2.05) is 37.3 Å². The predicted octanol–water partition coefficient (Wildman–Crippen LogP) is 5.05. The molecule has 0 amide bonds. The van der Waals surface area contributed by atoms with Crippen molar-refractivity contribution < 1.29 is 17.9 Å². The highest BCUT2D eigenvalue weighted by Gasteiger charge is 2.30. The van der Waals surface area contributed by atoms with Gasteiger partial charge in [-0.3, -0.25) is 5.10 Å². The minimum atomic E-state index is -4.73. The summed E-state index contributed by atoms with van der Waals surface area (Å²) in [5.41, 5.74) is 2.10. The summed E-state index contributed by atoms with van der Waals surface area (Å²) in [5, 5.41) is 13.9. The smallest absolute Gasteiger partial charge is 0.406 e. The molecule has 0 aliphatic rings. The number of hydrogen-bond donors (Lipinski definition) is 3. The molecule has 10 heteroatoms. The normalized spacial score (nSPS) is 11.4. The molecule has 4 rings (SSSR count). The lowest BCUT2D eigenvalue weighted by molar-refractivity contribution is -0.274. The number of para-hydroxylation sites is 1. The van der Waals surface area contributed by atoms with Crippen LogP contribution in [0.25, 0.3) is 10.9 Å². The van der Waals surface area contributed by atoms with Crippen molar-refractivity contribution in [2.45, 2.75) is 13.3 Å². The monoisotopic (exact) mass is 400 g/mol. The first-order chi connectivity index (χ1) is 13.9. The summed E-state index contributed by atoms with van der Waals surface area (Å²) in [4.78, 5) is 8.94. The van der Waals surface area contributed by atoms with Crippen molar-refractivity contribution in [1.82, 2.24) is 20.2 Å². The van der Waals surface area contributed by atoms with E-state index in [0.29, 0.717) is 22.8 Å². The molecular weight excluding hydrogens is 385 g/mol. The molecule has 148 valence electrons. The summed E-state index contributed by atoms with van der Waals surface area (Å²) in [6.07, 6.45) is -4.73. The lowest BCUT2D eigenvalue weighted by Gasteiger charge is -2.12. The third kappa shape index (κ3) is 4.54. The van der Waals surface area contributed by atoms with E-state index in [1.54, 1.807) is 0 Å². The van der Waals surface area contributed by atoms with Crippen LogP contribution in [0.1, 0.15) is 5.69 Å². The molecule has 0 atom stereocenters. The van der Waals surface area contributed by atoms with E-state index in [1.165, 1.54) is 24.3 Å². The van der Waals surface area contributed by atoms with Crippen molar-refractivity contribution in [2.24, 2.45) is 0 Å². The number of rotatable bonds is 5. The minimum absolute atomic E-state index is 0.281. The molecule has 0 unspecified atom stereocenters. The molecule has 0 aliphatic heterocycles. The van der Waals surface area contributed by atoms with Crippen molar-refractivity contribution in [1.29, 1.82) is 0 Å². The topological polar surface area (TPSA) is 87.8 Å². The molecule has 0 radical (unpaired) electrons. The van der Waals surface area contributed by atoms with Crippen LogP contribution in [0.15, 0.2) is 54.6 Å². The Morgan fingerprint density at radius 2 is 1.72 bits per heavy atom. The van der Waals surface area contributed by atoms with Crippen molar-refractivity contribution in [3.8, 4) is 5.75 Å². The Morgan fingerprint density at radius 1 is 0.966 bits per heavy atom. The van der Waals surface area contributed by atoms with Gasteiger partial charge in [-0.05, 0) is 43.3 Å². The Labute approximate surface area is 163 Å². The molecule has 4 aromatic rings. The summed E-state index contributed by atoms with van der Waals surface area (Å²) < 4.78 is 40.7. The Balaban J connectivity index is 1.62. The highest BCUT2D eigenvalue weighted by atomic mass is 19.4. The van der Waals surface area contributed by atoms with E-state index in [-0.39, 0.29) is 11.7 Å². The third-order valence-corrected chi connectivity index (χ3v) is 3.90. The van der Waals surface area contributed by atoms with Gasteiger partial charge in [0.05, 0.1) is 5.52 Å². The molecule has 2 aromatic heterocycles. The van der Waals surface area contributed by atoms with E-state index in [9.17, 15) is 13.2 Å².